The molecule has 0 spiro atoms. The van der Waals surface area contributed by atoms with Crippen LogP contribution in [-0.4, -0.2) is 24.9 Å². The Morgan fingerprint density at radius 2 is 2.00 bits per heavy atom. The van der Waals surface area contributed by atoms with Gasteiger partial charge in [0.05, 0.1) is 6.20 Å². The topological polar surface area (TPSA) is 67.3 Å². The summed E-state index contributed by atoms with van der Waals surface area (Å²) in [6.45, 7) is 0. The summed E-state index contributed by atoms with van der Waals surface area (Å²) in [5.41, 5.74) is -0.353. The van der Waals surface area contributed by atoms with Crippen LogP contribution in [0.25, 0.3) is 11.3 Å². The van der Waals surface area contributed by atoms with E-state index in [0.29, 0.717) is 11.3 Å². The molecule has 3 rings (SSSR count). The molecule has 0 unspecified atom stereocenters. The molecule has 0 saturated carbocycles. The first-order chi connectivity index (χ1) is 9.93. The van der Waals surface area contributed by atoms with Crippen LogP contribution in [-0.2, 0) is 6.18 Å². The fourth-order valence-electron chi connectivity index (χ4n) is 1.60. The van der Waals surface area contributed by atoms with Crippen LogP contribution in [0.5, 0.6) is 0 Å². The summed E-state index contributed by atoms with van der Waals surface area (Å²) in [5, 5.41) is 0.394. The summed E-state index contributed by atoms with van der Waals surface area (Å²) >= 11 is 6.49. The Balaban J connectivity index is 1.98. The van der Waals surface area contributed by atoms with Crippen LogP contribution in [0.4, 0.5) is 13.2 Å². The number of H-pyrrole nitrogens is 1. The van der Waals surface area contributed by atoms with Crippen LogP contribution in [0.1, 0.15) is 5.69 Å². The fraction of sp³-hybridized carbons (Fsp3) is 0.0909. The molecule has 0 saturated heterocycles. The molecule has 0 aliphatic rings. The zero-order chi connectivity index (χ0) is 15.0. The van der Waals surface area contributed by atoms with Crippen molar-refractivity contribution in [3.05, 3.63) is 35.5 Å². The molecule has 108 valence electrons. The Hall–Kier alpha value is -1.87. The number of aromatic amines is 1. The molecule has 3 heterocycles. The summed E-state index contributed by atoms with van der Waals surface area (Å²) in [7, 11) is 0. The van der Waals surface area contributed by atoms with Gasteiger partial charge in [-0.2, -0.15) is 18.2 Å². The monoisotopic (exact) mass is 331 g/mol. The van der Waals surface area contributed by atoms with Crippen molar-refractivity contribution in [2.75, 3.05) is 0 Å². The molecular formula is C11H5ClF3N5S. The number of fused-ring (bicyclic) bond motifs is 1. The largest absolute Gasteiger partial charge is 0.434 e. The third kappa shape index (κ3) is 2.93. The number of halogens is 4. The van der Waals surface area contributed by atoms with Gasteiger partial charge in [0.25, 0.3) is 0 Å². The van der Waals surface area contributed by atoms with E-state index in [9.17, 15) is 13.2 Å². The average molecular weight is 332 g/mol. The number of imidazole rings is 1. The van der Waals surface area contributed by atoms with E-state index in [1.807, 2.05) is 0 Å². The van der Waals surface area contributed by atoms with E-state index in [4.69, 9.17) is 11.6 Å². The standard InChI is InChI=1S/C11H5ClF3N5S/c12-10-19-8-9(20-10)18-6(4-17-8)21-5-2-1-3-16-7(5)11(13,14)15/h1-4H,(H,17,18,19,20). The van der Waals surface area contributed by atoms with E-state index in [2.05, 4.69) is 24.9 Å². The first kappa shape index (κ1) is 14.1. The SMILES string of the molecule is FC(F)(F)c1ncccc1Sc1cnc2nc(Cl)[nH]c2n1. The van der Waals surface area contributed by atoms with E-state index < -0.39 is 11.9 Å². The maximum Gasteiger partial charge on any atom is 0.434 e. The van der Waals surface area contributed by atoms with Crippen molar-refractivity contribution in [1.29, 1.82) is 0 Å². The zero-order valence-electron chi connectivity index (χ0n) is 10.0. The molecule has 3 aromatic heterocycles. The molecule has 21 heavy (non-hydrogen) atoms. The van der Waals surface area contributed by atoms with Crippen LogP contribution >= 0.6 is 23.4 Å². The zero-order valence-corrected chi connectivity index (χ0v) is 11.6. The van der Waals surface area contributed by atoms with E-state index in [-0.39, 0.29) is 15.2 Å². The molecule has 0 radical (unpaired) electrons. The minimum absolute atomic E-state index is 0.0516. The predicted molar refractivity (Wildman–Crippen MR) is 70.1 cm³/mol. The number of hydrogen-bond donors (Lipinski definition) is 1. The van der Waals surface area contributed by atoms with Gasteiger partial charge in [-0.05, 0) is 23.7 Å². The molecule has 0 aromatic carbocycles. The maximum atomic E-state index is 12.9. The second kappa shape index (κ2) is 5.15. The lowest BCUT2D eigenvalue weighted by molar-refractivity contribution is -0.143. The fourth-order valence-corrected chi connectivity index (χ4v) is 2.65. The van der Waals surface area contributed by atoms with Gasteiger partial charge in [-0.3, -0.25) is 4.98 Å². The highest BCUT2D eigenvalue weighted by atomic mass is 35.5. The molecule has 10 heteroatoms. The number of nitrogens with one attached hydrogen (secondary N) is 1. The lowest BCUT2D eigenvalue weighted by atomic mass is 10.3. The number of alkyl halides is 3. The molecule has 0 aliphatic heterocycles. The Bertz CT molecular complexity index is 804. The molecule has 1 N–H and O–H groups in total. The third-order valence-corrected chi connectivity index (χ3v) is 3.54. The van der Waals surface area contributed by atoms with Crippen molar-refractivity contribution < 1.29 is 13.2 Å². The van der Waals surface area contributed by atoms with Crippen LogP contribution in [0.2, 0.25) is 5.28 Å². The van der Waals surface area contributed by atoms with Crippen molar-refractivity contribution in [2.45, 2.75) is 16.1 Å². The number of hydrogen-bond acceptors (Lipinski definition) is 5. The van der Waals surface area contributed by atoms with Crippen molar-refractivity contribution in [2.24, 2.45) is 0 Å². The van der Waals surface area contributed by atoms with E-state index in [1.165, 1.54) is 18.3 Å². The van der Waals surface area contributed by atoms with Gasteiger partial charge in [0.15, 0.2) is 17.0 Å². The average Bonchev–Trinajstić information content (AvgIpc) is 2.77. The lowest BCUT2D eigenvalue weighted by Gasteiger charge is -2.10. The molecule has 5 nitrogen and oxygen atoms in total. The minimum Gasteiger partial charge on any atom is -0.312 e. The van der Waals surface area contributed by atoms with Gasteiger partial charge in [-0.1, -0.05) is 11.8 Å². The number of pyridine rings is 1. The quantitative estimate of drug-likeness (QED) is 0.777. The summed E-state index contributed by atoms with van der Waals surface area (Å²) in [5.74, 6) is 0. The highest BCUT2D eigenvalue weighted by Gasteiger charge is 2.35. The van der Waals surface area contributed by atoms with Crippen molar-refractivity contribution in [3.63, 3.8) is 0 Å². The van der Waals surface area contributed by atoms with Crippen LogP contribution in [0, 0.1) is 0 Å². The Labute approximate surface area is 125 Å². The van der Waals surface area contributed by atoms with Gasteiger partial charge in [0.2, 0.25) is 5.28 Å². The number of aromatic nitrogens is 5. The normalized spacial score (nSPS) is 12.0. The summed E-state index contributed by atoms with van der Waals surface area (Å²) in [6, 6.07) is 2.75. The second-order valence-electron chi connectivity index (χ2n) is 3.86. The predicted octanol–water partition coefficient (Wildman–Crippen LogP) is 3.57. The molecular weight excluding hydrogens is 327 g/mol. The number of rotatable bonds is 2. The van der Waals surface area contributed by atoms with Gasteiger partial charge in [0.1, 0.15) is 5.03 Å². The maximum absolute atomic E-state index is 12.9. The molecule has 0 aliphatic carbocycles. The minimum atomic E-state index is -4.53. The molecule has 0 atom stereocenters. The second-order valence-corrected chi connectivity index (χ2v) is 5.28. The van der Waals surface area contributed by atoms with Crippen molar-refractivity contribution >= 4 is 34.7 Å². The first-order valence-electron chi connectivity index (χ1n) is 5.52. The van der Waals surface area contributed by atoms with E-state index >= 15 is 0 Å². The summed E-state index contributed by atoms with van der Waals surface area (Å²) < 4.78 is 38.6. The van der Waals surface area contributed by atoms with Crippen molar-refractivity contribution in [3.8, 4) is 0 Å². The molecule has 3 aromatic rings. The number of nitrogens with zero attached hydrogens (tertiary/aromatic N) is 4. The van der Waals surface area contributed by atoms with Gasteiger partial charge in [0, 0.05) is 11.1 Å². The van der Waals surface area contributed by atoms with Crippen molar-refractivity contribution in [1.82, 2.24) is 24.9 Å². The Morgan fingerprint density at radius 1 is 1.19 bits per heavy atom. The van der Waals surface area contributed by atoms with Crippen LogP contribution in [0.3, 0.4) is 0 Å². The third-order valence-electron chi connectivity index (χ3n) is 2.41. The van der Waals surface area contributed by atoms with Gasteiger partial charge < -0.3 is 4.98 Å². The first-order valence-corrected chi connectivity index (χ1v) is 6.71. The smallest absolute Gasteiger partial charge is 0.312 e. The molecule has 0 fully saturated rings. The highest BCUT2D eigenvalue weighted by molar-refractivity contribution is 7.99. The van der Waals surface area contributed by atoms with Crippen LogP contribution in [0.15, 0.2) is 34.4 Å². The van der Waals surface area contributed by atoms with Gasteiger partial charge in [-0.15, -0.1) is 0 Å². The van der Waals surface area contributed by atoms with E-state index in [0.717, 1.165) is 18.0 Å². The Kier molecular flexibility index (Phi) is 3.46. The lowest BCUT2D eigenvalue weighted by Crippen LogP contribution is -2.09. The van der Waals surface area contributed by atoms with Gasteiger partial charge >= 0.3 is 6.18 Å². The molecule has 0 bridgehead atoms. The van der Waals surface area contributed by atoms with Gasteiger partial charge in [-0.25, -0.2) is 9.97 Å². The summed E-state index contributed by atoms with van der Waals surface area (Å²) in [6.07, 6.45) is -2.10. The Morgan fingerprint density at radius 3 is 2.76 bits per heavy atom. The van der Waals surface area contributed by atoms with Crippen LogP contribution < -0.4 is 0 Å². The molecule has 0 amide bonds. The van der Waals surface area contributed by atoms with E-state index in [1.54, 1.807) is 0 Å². The summed E-state index contributed by atoms with van der Waals surface area (Å²) in [4.78, 5) is 17.9. The highest BCUT2D eigenvalue weighted by Crippen LogP contribution is 2.37.